The number of ether oxygens (including phenoxy) is 1. The highest BCUT2D eigenvalue weighted by Crippen LogP contribution is 2.14. The molecule has 0 aliphatic carbocycles. The highest BCUT2D eigenvalue weighted by Gasteiger charge is 2.13. The molecular weight excluding hydrogens is 204 g/mol. The summed E-state index contributed by atoms with van der Waals surface area (Å²) in [6, 6.07) is 1.86. The molecule has 1 aliphatic heterocycles. The van der Waals surface area contributed by atoms with E-state index in [2.05, 4.69) is 26.0 Å². The molecule has 1 radical (unpaired) electrons. The van der Waals surface area contributed by atoms with E-state index < -0.39 is 0 Å². The van der Waals surface area contributed by atoms with Crippen LogP contribution in [-0.4, -0.2) is 41.3 Å². The number of nitrogens with zero attached hydrogens (tertiary/aromatic N) is 4. The molecule has 0 unspecified atom stereocenters. The highest BCUT2D eigenvalue weighted by molar-refractivity contribution is 5.76. The molecule has 1 fully saturated rings. The second-order valence-corrected chi connectivity index (χ2v) is 3.63. The van der Waals surface area contributed by atoms with Crippen LogP contribution in [-0.2, 0) is 4.74 Å². The predicted octanol–water partition coefficient (Wildman–Crippen LogP) is 0.662. The molecule has 2 aromatic rings. The topological polar surface area (TPSA) is 51.1 Å². The minimum absolute atomic E-state index is 0.712. The van der Waals surface area contributed by atoms with E-state index >= 15 is 0 Å². The smallest absolute Gasteiger partial charge is 0.226 e. The molecule has 1 saturated heterocycles. The summed E-state index contributed by atoms with van der Waals surface area (Å²) in [5.41, 5.74) is 0.832. The maximum Gasteiger partial charge on any atom is 0.226 e. The van der Waals surface area contributed by atoms with Crippen molar-refractivity contribution >= 4 is 16.9 Å². The second-order valence-electron chi connectivity index (χ2n) is 3.63. The summed E-state index contributed by atoms with van der Waals surface area (Å²) in [7, 11) is 0. The predicted molar refractivity (Wildman–Crippen MR) is 59.2 cm³/mol. The molecule has 5 heteroatoms. The van der Waals surface area contributed by atoms with Gasteiger partial charge in [0.05, 0.1) is 24.9 Å². The third kappa shape index (κ3) is 1.69. The quantitative estimate of drug-likeness (QED) is 0.699. The summed E-state index contributed by atoms with van der Waals surface area (Å²) >= 11 is 0. The molecule has 0 atom stereocenters. The van der Waals surface area contributed by atoms with Gasteiger partial charge in [0.15, 0.2) is 0 Å². The fourth-order valence-electron chi connectivity index (χ4n) is 1.72. The van der Waals surface area contributed by atoms with Gasteiger partial charge in [-0.15, -0.1) is 0 Å². The maximum atomic E-state index is 5.29. The Balaban J connectivity index is 1.97. The van der Waals surface area contributed by atoms with Crippen LogP contribution in [0.2, 0.25) is 0 Å². The van der Waals surface area contributed by atoms with E-state index in [1.165, 1.54) is 0 Å². The van der Waals surface area contributed by atoms with Gasteiger partial charge in [-0.1, -0.05) is 0 Å². The van der Waals surface area contributed by atoms with Gasteiger partial charge in [-0.3, -0.25) is 4.98 Å². The van der Waals surface area contributed by atoms with Crippen LogP contribution in [0.15, 0.2) is 18.5 Å². The molecule has 0 saturated carbocycles. The van der Waals surface area contributed by atoms with Crippen molar-refractivity contribution in [2.75, 3.05) is 31.2 Å². The van der Waals surface area contributed by atoms with Gasteiger partial charge in [0, 0.05) is 24.7 Å². The monoisotopic (exact) mass is 215 g/mol. The van der Waals surface area contributed by atoms with Crippen molar-refractivity contribution in [2.24, 2.45) is 0 Å². The molecule has 1 aliphatic rings. The number of pyridine rings is 1. The molecule has 0 aromatic carbocycles. The van der Waals surface area contributed by atoms with Crippen molar-refractivity contribution < 1.29 is 4.74 Å². The largest absolute Gasteiger partial charge is 0.378 e. The van der Waals surface area contributed by atoms with Crippen molar-refractivity contribution in [2.45, 2.75) is 0 Å². The van der Waals surface area contributed by atoms with Crippen molar-refractivity contribution in [3.63, 3.8) is 0 Å². The Labute approximate surface area is 93.1 Å². The highest BCUT2D eigenvalue weighted by atomic mass is 16.5. The zero-order chi connectivity index (χ0) is 10.8. The fourth-order valence-corrected chi connectivity index (χ4v) is 1.72. The van der Waals surface area contributed by atoms with Crippen molar-refractivity contribution in [3.8, 4) is 0 Å². The molecular formula is C11H11N4O. The van der Waals surface area contributed by atoms with Gasteiger partial charge >= 0.3 is 0 Å². The standard InChI is InChI=1S/C11H11N4O/c1-2-12-8-10-9(1)7-13-11(14-10)15-3-5-16-6-4-15/h1-2,8H,3-6H2. The minimum atomic E-state index is 0.712. The van der Waals surface area contributed by atoms with Gasteiger partial charge in [0.2, 0.25) is 5.95 Å². The molecule has 3 rings (SSSR count). The molecule has 81 valence electrons. The molecule has 0 spiro atoms. The second kappa shape index (κ2) is 4.02. The van der Waals surface area contributed by atoms with Crippen LogP contribution < -0.4 is 4.90 Å². The molecule has 16 heavy (non-hydrogen) atoms. The number of aromatic nitrogens is 3. The third-order valence-corrected chi connectivity index (χ3v) is 2.59. The van der Waals surface area contributed by atoms with E-state index in [4.69, 9.17) is 4.74 Å². The number of rotatable bonds is 1. The SMILES string of the molecule is [c]1nc(N2CCOCC2)nc2cnccc12. The number of anilines is 1. The molecule has 0 bridgehead atoms. The lowest BCUT2D eigenvalue weighted by Crippen LogP contribution is -2.37. The van der Waals surface area contributed by atoms with Gasteiger partial charge in [0.25, 0.3) is 0 Å². The number of fused-ring (bicyclic) bond motifs is 1. The lowest BCUT2D eigenvalue weighted by Gasteiger charge is -2.26. The van der Waals surface area contributed by atoms with E-state index in [1.54, 1.807) is 12.4 Å². The first kappa shape index (κ1) is 9.47. The molecule has 5 nitrogen and oxygen atoms in total. The van der Waals surface area contributed by atoms with E-state index in [9.17, 15) is 0 Å². The van der Waals surface area contributed by atoms with Crippen LogP contribution in [0, 0.1) is 6.20 Å². The lowest BCUT2D eigenvalue weighted by molar-refractivity contribution is 0.122. The van der Waals surface area contributed by atoms with E-state index in [0.717, 1.165) is 37.2 Å². The van der Waals surface area contributed by atoms with E-state index in [-0.39, 0.29) is 0 Å². The third-order valence-electron chi connectivity index (χ3n) is 2.59. The summed E-state index contributed by atoms with van der Waals surface area (Å²) in [6.45, 7) is 3.13. The Morgan fingerprint density at radius 3 is 3.06 bits per heavy atom. The number of hydrogen-bond donors (Lipinski definition) is 0. The summed E-state index contributed by atoms with van der Waals surface area (Å²) < 4.78 is 5.29. The zero-order valence-electron chi connectivity index (χ0n) is 8.76. The molecule has 0 amide bonds. The van der Waals surface area contributed by atoms with Crippen molar-refractivity contribution in [1.82, 2.24) is 15.0 Å². The van der Waals surface area contributed by atoms with Crippen LogP contribution in [0.5, 0.6) is 0 Å². The average molecular weight is 215 g/mol. The van der Waals surface area contributed by atoms with Gasteiger partial charge in [-0.05, 0) is 6.07 Å². The molecule has 3 heterocycles. The summed E-state index contributed by atoms with van der Waals surface area (Å²) in [5.74, 6) is 0.712. The normalized spacial score (nSPS) is 16.6. The van der Waals surface area contributed by atoms with Crippen LogP contribution >= 0.6 is 0 Å². The first-order valence-electron chi connectivity index (χ1n) is 5.25. The Morgan fingerprint density at radius 1 is 1.31 bits per heavy atom. The van der Waals surface area contributed by atoms with Gasteiger partial charge in [0.1, 0.15) is 6.20 Å². The Kier molecular flexibility index (Phi) is 2.38. The summed E-state index contributed by atoms with van der Waals surface area (Å²) in [4.78, 5) is 14.9. The summed E-state index contributed by atoms with van der Waals surface area (Å²) in [6.07, 6.45) is 6.43. The van der Waals surface area contributed by atoms with Gasteiger partial charge < -0.3 is 9.64 Å². The Bertz CT molecular complexity index is 496. The van der Waals surface area contributed by atoms with Crippen LogP contribution in [0.3, 0.4) is 0 Å². The van der Waals surface area contributed by atoms with Crippen LogP contribution in [0.4, 0.5) is 5.95 Å². The maximum absolute atomic E-state index is 5.29. The molecule has 0 N–H and O–H groups in total. The van der Waals surface area contributed by atoms with E-state index in [0.29, 0.717) is 5.95 Å². The van der Waals surface area contributed by atoms with Crippen LogP contribution in [0.1, 0.15) is 0 Å². The van der Waals surface area contributed by atoms with Crippen molar-refractivity contribution in [1.29, 1.82) is 0 Å². The Morgan fingerprint density at radius 2 is 2.19 bits per heavy atom. The van der Waals surface area contributed by atoms with E-state index in [1.807, 2.05) is 6.07 Å². The van der Waals surface area contributed by atoms with Gasteiger partial charge in [-0.2, -0.15) is 0 Å². The summed E-state index contributed by atoms with van der Waals surface area (Å²) in [5, 5.41) is 0.895. The van der Waals surface area contributed by atoms with Crippen LogP contribution in [0.25, 0.3) is 10.9 Å². The molecule has 2 aromatic heterocycles. The first-order valence-corrected chi connectivity index (χ1v) is 5.25. The first-order chi connectivity index (χ1) is 7.93. The van der Waals surface area contributed by atoms with Gasteiger partial charge in [-0.25, -0.2) is 9.97 Å². The minimum Gasteiger partial charge on any atom is -0.378 e. The lowest BCUT2D eigenvalue weighted by atomic mass is 10.3. The average Bonchev–Trinajstić information content (AvgIpc) is 2.39. The zero-order valence-corrected chi connectivity index (χ0v) is 8.76. The fraction of sp³-hybridized carbons (Fsp3) is 0.364. The number of hydrogen-bond acceptors (Lipinski definition) is 5. The van der Waals surface area contributed by atoms with Crippen molar-refractivity contribution in [3.05, 3.63) is 24.7 Å². The Hall–Kier alpha value is -1.75. The number of morpholine rings is 1.